The lowest BCUT2D eigenvalue weighted by atomic mass is 10.1. The third kappa shape index (κ3) is 2.60. The van der Waals surface area contributed by atoms with Crippen LogP contribution in [-0.2, 0) is 7.05 Å². The number of hydrogen-bond acceptors (Lipinski definition) is 2. The molecule has 112 valence electrons. The molecule has 1 atom stereocenters. The van der Waals surface area contributed by atoms with Crippen molar-refractivity contribution in [1.29, 1.82) is 0 Å². The van der Waals surface area contributed by atoms with Crippen molar-refractivity contribution >= 4 is 16.9 Å². The van der Waals surface area contributed by atoms with Gasteiger partial charge in [-0.15, -0.1) is 0 Å². The van der Waals surface area contributed by atoms with Crippen LogP contribution >= 0.6 is 0 Å². The number of imidazole rings is 1. The zero-order valence-corrected chi connectivity index (χ0v) is 13.0. The van der Waals surface area contributed by atoms with Gasteiger partial charge in [0, 0.05) is 12.6 Å². The highest BCUT2D eigenvalue weighted by molar-refractivity contribution is 5.97. The van der Waals surface area contributed by atoms with E-state index in [9.17, 15) is 4.79 Å². The number of carbonyl (C=O) groups is 1. The SMILES string of the molecule is Cc1nc2cc(C(=O)N[C@H](C)c3ccccc3)ccc2n1C. The molecule has 0 aliphatic carbocycles. The fraction of sp³-hybridized carbons (Fsp3) is 0.222. The summed E-state index contributed by atoms with van der Waals surface area (Å²) in [5, 5.41) is 3.03. The van der Waals surface area contributed by atoms with Gasteiger partial charge in [0.25, 0.3) is 5.91 Å². The number of carbonyl (C=O) groups excluding carboxylic acids is 1. The maximum atomic E-state index is 12.4. The van der Waals surface area contributed by atoms with E-state index >= 15 is 0 Å². The zero-order valence-electron chi connectivity index (χ0n) is 13.0. The number of nitrogens with one attached hydrogen (secondary N) is 1. The van der Waals surface area contributed by atoms with Crippen molar-refractivity contribution in [2.45, 2.75) is 19.9 Å². The number of aromatic nitrogens is 2. The van der Waals surface area contributed by atoms with Crippen molar-refractivity contribution in [2.75, 3.05) is 0 Å². The van der Waals surface area contributed by atoms with Gasteiger partial charge in [0.2, 0.25) is 0 Å². The van der Waals surface area contributed by atoms with Crippen LogP contribution in [0.15, 0.2) is 48.5 Å². The summed E-state index contributed by atoms with van der Waals surface area (Å²) < 4.78 is 2.02. The van der Waals surface area contributed by atoms with Crippen LogP contribution in [-0.4, -0.2) is 15.5 Å². The summed E-state index contributed by atoms with van der Waals surface area (Å²) in [4.78, 5) is 16.9. The number of rotatable bonds is 3. The van der Waals surface area contributed by atoms with Gasteiger partial charge in [-0.2, -0.15) is 0 Å². The first kappa shape index (κ1) is 14.3. The van der Waals surface area contributed by atoms with Crippen LogP contribution in [0.25, 0.3) is 11.0 Å². The van der Waals surface area contributed by atoms with Crippen LogP contribution in [0.2, 0.25) is 0 Å². The maximum absolute atomic E-state index is 12.4. The van der Waals surface area contributed by atoms with Crippen LogP contribution in [0, 0.1) is 6.92 Å². The lowest BCUT2D eigenvalue weighted by molar-refractivity contribution is 0.0940. The van der Waals surface area contributed by atoms with Crippen LogP contribution in [0.3, 0.4) is 0 Å². The van der Waals surface area contributed by atoms with Crippen molar-refractivity contribution < 1.29 is 4.79 Å². The van der Waals surface area contributed by atoms with E-state index in [0.717, 1.165) is 22.4 Å². The Labute approximate surface area is 129 Å². The van der Waals surface area contributed by atoms with Crippen LogP contribution in [0.5, 0.6) is 0 Å². The smallest absolute Gasteiger partial charge is 0.251 e. The summed E-state index contributed by atoms with van der Waals surface area (Å²) >= 11 is 0. The number of benzene rings is 2. The Hall–Kier alpha value is -2.62. The van der Waals surface area contributed by atoms with E-state index in [1.165, 1.54) is 0 Å². The molecule has 4 heteroatoms. The van der Waals surface area contributed by atoms with Crippen LogP contribution in [0.1, 0.15) is 34.7 Å². The highest BCUT2D eigenvalue weighted by atomic mass is 16.1. The number of aryl methyl sites for hydroxylation is 2. The van der Waals surface area contributed by atoms with Crippen molar-refractivity contribution in [3.63, 3.8) is 0 Å². The molecule has 4 nitrogen and oxygen atoms in total. The van der Waals surface area contributed by atoms with E-state index < -0.39 is 0 Å². The van der Waals surface area contributed by atoms with Crippen molar-refractivity contribution in [1.82, 2.24) is 14.9 Å². The molecule has 0 radical (unpaired) electrons. The molecule has 1 heterocycles. The number of fused-ring (bicyclic) bond motifs is 1. The van der Waals surface area contributed by atoms with Crippen molar-refractivity contribution in [3.8, 4) is 0 Å². The Bertz CT molecular complexity index is 821. The first-order valence-electron chi connectivity index (χ1n) is 7.35. The zero-order chi connectivity index (χ0) is 15.7. The summed E-state index contributed by atoms with van der Waals surface area (Å²) in [6.45, 7) is 3.94. The predicted octanol–water partition coefficient (Wildman–Crippen LogP) is 3.37. The molecule has 1 aromatic heterocycles. The summed E-state index contributed by atoms with van der Waals surface area (Å²) in [7, 11) is 1.97. The second-order valence-electron chi connectivity index (χ2n) is 5.53. The van der Waals surface area contributed by atoms with E-state index in [2.05, 4.69) is 10.3 Å². The van der Waals surface area contributed by atoms with Gasteiger partial charge in [-0.1, -0.05) is 30.3 Å². The first-order chi connectivity index (χ1) is 10.6. The number of hydrogen-bond donors (Lipinski definition) is 1. The summed E-state index contributed by atoms with van der Waals surface area (Å²) in [5.41, 5.74) is 3.60. The van der Waals surface area contributed by atoms with E-state index in [1.807, 2.05) is 74.0 Å². The summed E-state index contributed by atoms with van der Waals surface area (Å²) in [6.07, 6.45) is 0. The van der Waals surface area contributed by atoms with E-state index in [1.54, 1.807) is 0 Å². The lowest BCUT2D eigenvalue weighted by Crippen LogP contribution is -2.26. The molecular weight excluding hydrogens is 274 g/mol. The third-order valence-corrected chi connectivity index (χ3v) is 4.01. The molecule has 1 amide bonds. The Morgan fingerprint density at radius 3 is 2.64 bits per heavy atom. The molecule has 0 saturated carbocycles. The topological polar surface area (TPSA) is 46.9 Å². The quantitative estimate of drug-likeness (QED) is 0.804. The molecule has 0 spiro atoms. The maximum Gasteiger partial charge on any atom is 0.251 e. The minimum Gasteiger partial charge on any atom is -0.346 e. The molecule has 2 aromatic carbocycles. The first-order valence-corrected chi connectivity index (χ1v) is 7.35. The lowest BCUT2D eigenvalue weighted by Gasteiger charge is -2.14. The molecule has 0 aliphatic heterocycles. The molecule has 0 unspecified atom stereocenters. The highest BCUT2D eigenvalue weighted by Crippen LogP contribution is 2.18. The Balaban J connectivity index is 1.83. The molecular formula is C18H19N3O. The van der Waals surface area contributed by atoms with Crippen LogP contribution in [0.4, 0.5) is 0 Å². The Kier molecular flexibility index (Phi) is 3.67. The van der Waals surface area contributed by atoms with E-state index in [0.29, 0.717) is 5.56 Å². The molecule has 0 fully saturated rings. The van der Waals surface area contributed by atoms with Gasteiger partial charge in [0.1, 0.15) is 5.82 Å². The van der Waals surface area contributed by atoms with E-state index in [-0.39, 0.29) is 11.9 Å². The monoisotopic (exact) mass is 293 g/mol. The van der Waals surface area contributed by atoms with Gasteiger partial charge < -0.3 is 9.88 Å². The Morgan fingerprint density at radius 1 is 1.18 bits per heavy atom. The van der Waals surface area contributed by atoms with Gasteiger partial charge >= 0.3 is 0 Å². The highest BCUT2D eigenvalue weighted by Gasteiger charge is 2.13. The molecule has 0 bridgehead atoms. The largest absolute Gasteiger partial charge is 0.346 e. The number of nitrogens with zero attached hydrogens (tertiary/aromatic N) is 2. The Morgan fingerprint density at radius 2 is 1.91 bits per heavy atom. The average Bonchev–Trinajstić information content (AvgIpc) is 2.82. The molecule has 0 aliphatic rings. The second-order valence-corrected chi connectivity index (χ2v) is 5.53. The van der Waals surface area contributed by atoms with Crippen molar-refractivity contribution in [3.05, 3.63) is 65.5 Å². The minimum atomic E-state index is -0.0819. The second kappa shape index (κ2) is 5.64. The van der Waals surface area contributed by atoms with Gasteiger partial charge in [-0.3, -0.25) is 4.79 Å². The molecule has 0 saturated heterocycles. The molecule has 1 N–H and O–H groups in total. The van der Waals surface area contributed by atoms with Gasteiger partial charge in [-0.05, 0) is 37.6 Å². The summed E-state index contributed by atoms with van der Waals surface area (Å²) in [5.74, 6) is 0.853. The molecule has 3 rings (SSSR count). The predicted molar refractivity (Wildman–Crippen MR) is 87.8 cm³/mol. The fourth-order valence-electron chi connectivity index (χ4n) is 2.57. The summed E-state index contributed by atoms with van der Waals surface area (Å²) in [6, 6.07) is 15.5. The minimum absolute atomic E-state index is 0.0325. The fourth-order valence-corrected chi connectivity index (χ4v) is 2.57. The third-order valence-electron chi connectivity index (χ3n) is 4.01. The number of amides is 1. The average molecular weight is 293 g/mol. The van der Waals surface area contributed by atoms with Crippen LogP contribution < -0.4 is 5.32 Å². The molecule has 3 aromatic rings. The van der Waals surface area contributed by atoms with Crippen molar-refractivity contribution in [2.24, 2.45) is 7.05 Å². The van der Waals surface area contributed by atoms with Gasteiger partial charge in [0.05, 0.1) is 17.1 Å². The van der Waals surface area contributed by atoms with Gasteiger partial charge in [-0.25, -0.2) is 4.98 Å². The standard InChI is InChI=1S/C18H19N3O/c1-12(14-7-5-4-6-8-14)19-18(22)15-9-10-17-16(11-15)20-13(2)21(17)3/h4-12H,1-3H3,(H,19,22)/t12-/m1/s1. The normalized spacial score (nSPS) is 12.3. The molecule has 22 heavy (non-hydrogen) atoms. The van der Waals surface area contributed by atoms with E-state index in [4.69, 9.17) is 0 Å². The van der Waals surface area contributed by atoms with Gasteiger partial charge in [0.15, 0.2) is 0 Å².